The van der Waals surface area contributed by atoms with Crippen molar-refractivity contribution in [1.82, 2.24) is 0 Å². The summed E-state index contributed by atoms with van der Waals surface area (Å²) in [4.78, 5) is 2.52. The van der Waals surface area contributed by atoms with E-state index in [1.54, 1.807) is 5.57 Å². The quantitative estimate of drug-likeness (QED) is 0.406. The molecule has 2 aromatic rings. The highest BCUT2D eigenvalue weighted by molar-refractivity contribution is 6.31. The molecular formula is C34H42ClN. The molecule has 0 aliphatic heterocycles. The van der Waals surface area contributed by atoms with E-state index in [4.69, 9.17) is 11.6 Å². The SMILES string of the molecule is Cc1cc(Cl)cc(N(C2=CC=C3C(C2)C2(C)CCC3(C)C2)c2ccc3c(c2)C(C)(C)CCC3(C)C)c1. The standard InChI is InChI=1S/C34H42ClN/c1-22-16-23(35)18-26(17-22)36(24-8-10-27-29(19-24)32(4,5)13-12-31(27,2)3)25-9-11-28-30(20-25)34(7)15-14-33(28,6)21-34/h8-11,16-19,30H,12-15,20-21H2,1-7H3. The third-order valence-electron chi connectivity index (χ3n) is 10.5. The summed E-state index contributed by atoms with van der Waals surface area (Å²) in [6, 6.07) is 13.8. The number of nitrogens with zero attached hydrogens (tertiary/aromatic N) is 1. The fraction of sp³-hybridized carbons (Fsp3) is 0.529. The molecule has 0 N–H and O–H groups in total. The van der Waals surface area contributed by atoms with Crippen LogP contribution in [0.25, 0.3) is 0 Å². The van der Waals surface area contributed by atoms with Crippen molar-refractivity contribution in [2.24, 2.45) is 16.7 Å². The maximum absolute atomic E-state index is 6.64. The van der Waals surface area contributed by atoms with Crippen LogP contribution in [-0.2, 0) is 10.8 Å². The van der Waals surface area contributed by atoms with E-state index in [9.17, 15) is 0 Å². The van der Waals surface area contributed by atoms with Crippen LogP contribution in [0, 0.1) is 23.7 Å². The van der Waals surface area contributed by atoms with Crippen LogP contribution in [0.3, 0.4) is 0 Å². The van der Waals surface area contributed by atoms with Crippen LogP contribution < -0.4 is 4.90 Å². The summed E-state index contributed by atoms with van der Waals surface area (Å²) in [6.07, 6.45) is 12.5. The highest BCUT2D eigenvalue weighted by Gasteiger charge is 2.58. The van der Waals surface area contributed by atoms with Gasteiger partial charge in [-0.15, -0.1) is 0 Å². The molecule has 0 saturated heterocycles. The molecule has 0 radical (unpaired) electrons. The maximum Gasteiger partial charge on any atom is 0.0475 e. The molecule has 4 aliphatic rings. The minimum absolute atomic E-state index is 0.178. The minimum Gasteiger partial charge on any atom is -0.314 e. The summed E-state index contributed by atoms with van der Waals surface area (Å²) < 4.78 is 0. The topological polar surface area (TPSA) is 3.24 Å². The Morgan fingerprint density at radius 2 is 1.50 bits per heavy atom. The van der Waals surface area contributed by atoms with Crippen molar-refractivity contribution in [2.45, 2.75) is 97.8 Å². The molecule has 6 rings (SSSR count). The number of aryl methyl sites for hydroxylation is 1. The third kappa shape index (κ3) is 3.64. The normalized spacial score (nSPS) is 31.4. The van der Waals surface area contributed by atoms with E-state index in [1.807, 2.05) is 0 Å². The highest BCUT2D eigenvalue weighted by atomic mass is 35.5. The summed E-state index contributed by atoms with van der Waals surface area (Å²) in [5.74, 6) is 0.645. The molecule has 2 bridgehead atoms. The minimum atomic E-state index is 0.178. The highest BCUT2D eigenvalue weighted by Crippen LogP contribution is 2.69. The summed E-state index contributed by atoms with van der Waals surface area (Å²) in [5.41, 5.74) is 11.0. The first kappa shape index (κ1) is 24.4. The number of fused-ring (bicyclic) bond motifs is 6. The second-order valence-electron chi connectivity index (χ2n) is 14.2. The molecule has 4 aliphatic carbocycles. The molecule has 0 amide bonds. The lowest BCUT2D eigenvalue weighted by atomic mass is 9.63. The molecule has 2 heteroatoms. The number of halogens is 1. The Hall–Kier alpha value is -1.99. The van der Waals surface area contributed by atoms with Crippen LogP contribution in [0.5, 0.6) is 0 Å². The molecule has 36 heavy (non-hydrogen) atoms. The Bertz CT molecular complexity index is 1290. The molecule has 2 saturated carbocycles. The van der Waals surface area contributed by atoms with Gasteiger partial charge in [-0.1, -0.05) is 70.9 Å². The van der Waals surface area contributed by atoms with Crippen molar-refractivity contribution in [3.63, 3.8) is 0 Å². The number of hydrogen-bond acceptors (Lipinski definition) is 1. The number of allylic oxidation sites excluding steroid dienone is 4. The van der Waals surface area contributed by atoms with Gasteiger partial charge in [-0.25, -0.2) is 0 Å². The molecule has 3 atom stereocenters. The molecule has 190 valence electrons. The summed E-state index contributed by atoms with van der Waals surface area (Å²) >= 11 is 6.64. The van der Waals surface area contributed by atoms with Gasteiger partial charge in [0.25, 0.3) is 0 Å². The van der Waals surface area contributed by atoms with Crippen molar-refractivity contribution in [3.05, 3.63) is 81.5 Å². The van der Waals surface area contributed by atoms with Crippen LogP contribution >= 0.6 is 11.6 Å². The first-order valence-electron chi connectivity index (χ1n) is 14.0. The first-order valence-corrected chi connectivity index (χ1v) is 14.3. The van der Waals surface area contributed by atoms with Crippen LogP contribution in [-0.4, -0.2) is 0 Å². The second kappa shape index (κ2) is 7.76. The van der Waals surface area contributed by atoms with Gasteiger partial charge in [0, 0.05) is 22.1 Å². The van der Waals surface area contributed by atoms with Crippen LogP contribution in [0.1, 0.15) is 96.8 Å². The van der Waals surface area contributed by atoms with E-state index in [-0.39, 0.29) is 10.8 Å². The predicted octanol–water partition coefficient (Wildman–Crippen LogP) is 10.2. The van der Waals surface area contributed by atoms with E-state index in [2.05, 4.69) is 102 Å². The smallest absolute Gasteiger partial charge is 0.0475 e. The molecule has 1 nitrogen and oxygen atoms in total. The summed E-state index contributed by atoms with van der Waals surface area (Å²) in [6.45, 7) is 16.9. The fourth-order valence-electron chi connectivity index (χ4n) is 8.31. The average molecular weight is 500 g/mol. The zero-order valence-corrected chi connectivity index (χ0v) is 24.0. The van der Waals surface area contributed by atoms with Gasteiger partial charge < -0.3 is 4.90 Å². The molecule has 2 aromatic carbocycles. The summed E-state index contributed by atoms with van der Waals surface area (Å²) in [7, 11) is 0. The van der Waals surface area contributed by atoms with Gasteiger partial charge in [0.1, 0.15) is 0 Å². The Morgan fingerprint density at radius 3 is 2.22 bits per heavy atom. The molecule has 0 heterocycles. The van der Waals surface area contributed by atoms with Crippen LogP contribution in [0.2, 0.25) is 5.02 Å². The zero-order chi connectivity index (χ0) is 25.7. The number of anilines is 2. The lowest BCUT2D eigenvalue weighted by Gasteiger charge is -2.43. The molecule has 2 fully saturated rings. The second-order valence-corrected chi connectivity index (χ2v) is 14.7. The number of rotatable bonds is 3. The van der Waals surface area contributed by atoms with E-state index < -0.39 is 0 Å². The first-order chi connectivity index (χ1) is 16.8. The Kier molecular flexibility index (Phi) is 5.25. The van der Waals surface area contributed by atoms with Gasteiger partial charge in [-0.2, -0.15) is 0 Å². The Balaban J connectivity index is 1.51. The van der Waals surface area contributed by atoms with Crippen molar-refractivity contribution in [1.29, 1.82) is 0 Å². The van der Waals surface area contributed by atoms with Crippen molar-refractivity contribution in [2.75, 3.05) is 4.90 Å². The fourth-order valence-corrected chi connectivity index (χ4v) is 8.60. The molecule has 3 unspecified atom stereocenters. The van der Waals surface area contributed by atoms with E-state index in [1.165, 1.54) is 65.9 Å². The van der Waals surface area contributed by atoms with Gasteiger partial charge in [0.2, 0.25) is 0 Å². The maximum atomic E-state index is 6.64. The molecule has 0 aromatic heterocycles. The number of hydrogen-bond donors (Lipinski definition) is 0. The Labute approximate surface area is 223 Å². The Morgan fingerprint density at radius 1 is 0.778 bits per heavy atom. The van der Waals surface area contributed by atoms with Crippen molar-refractivity contribution >= 4 is 23.0 Å². The van der Waals surface area contributed by atoms with Crippen molar-refractivity contribution < 1.29 is 0 Å². The van der Waals surface area contributed by atoms with Gasteiger partial charge in [0.15, 0.2) is 0 Å². The van der Waals surface area contributed by atoms with Gasteiger partial charge in [-0.05, 0) is 126 Å². The monoisotopic (exact) mass is 499 g/mol. The average Bonchev–Trinajstić information content (AvgIpc) is 3.24. The van der Waals surface area contributed by atoms with Gasteiger partial charge in [-0.3, -0.25) is 0 Å². The van der Waals surface area contributed by atoms with Gasteiger partial charge >= 0.3 is 0 Å². The zero-order valence-electron chi connectivity index (χ0n) is 23.3. The summed E-state index contributed by atoms with van der Waals surface area (Å²) in [5, 5.41) is 0.807. The third-order valence-corrected chi connectivity index (χ3v) is 10.7. The lowest BCUT2D eigenvalue weighted by Crippen LogP contribution is -2.34. The van der Waals surface area contributed by atoms with E-state index >= 15 is 0 Å². The number of benzene rings is 2. The van der Waals surface area contributed by atoms with Gasteiger partial charge in [0.05, 0.1) is 0 Å². The van der Waals surface area contributed by atoms with Crippen molar-refractivity contribution in [3.8, 4) is 0 Å². The van der Waals surface area contributed by atoms with E-state index in [0.717, 1.165) is 11.4 Å². The largest absolute Gasteiger partial charge is 0.314 e. The van der Waals surface area contributed by atoms with Crippen LogP contribution in [0.15, 0.2) is 59.8 Å². The molecule has 0 spiro atoms. The molecular weight excluding hydrogens is 458 g/mol. The van der Waals surface area contributed by atoms with E-state index in [0.29, 0.717) is 16.7 Å². The van der Waals surface area contributed by atoms with Crippen LogP contribution in [0.4, 0.5) is 11.4 Å². The lowest BCUT2D eigenvalue weighted by molar-refractivity contribution is 0.243. The predicted molar refractivity (Wildman–Crippen MR) is 154 cm³/mol.